The van der Waals surface area contributed by atoms with Crippen molar-refractivity contribution in [3.8, 4) is 0 Å². The van der Waals surface area contributed by atoms with Crippen LogP contribution in [0.25, 0.3) is 0 Å². The predicted molar refractivity (Wildman–Crippen MR) is 114 cm³/mol. The van der Waals surface area contributed by atoms with Gasteiger partial charge >= 0.3 is 0 Å². The van der Waals surface area contributed by atoms with Gasteiger partial charge in [-0.3, -0.25) is 9.69 Å². The Balaban J connectivity index is 1.65. The van der Waals surface area contributed by atoms with E-state index in [9.17, 15) is 9.18 Å². The molecular weight excluding hydrogens is 379 g/mol. The summed E-state index contributed by atoms with van der Waals surface area (Å²) in [7, 11) is 0. The number of hydrogen-bond donors (Lipinski definition) is 0. The second kappa shape index (κ2) is 7.78. The topological polar surface area (TPSA) is 51.0 Å². The Hall–Kier alpha value is -2.24. The van der Waals surface area contributed by atoms with Crippen molar-refractivity contribution in [3.05, 3.63) is 41.5 Å². The van der Waals surface area contributed by atoms with Gasteiger partial charge in [-0.15, -0.1) is 0 Å². The number of rotatable bonds is 3. The van der Waals surface area contributed by atoms with E-state index in [0.717, 1.165) is 56.7 Å². The number of anilines is 1. The first kappa shape index (κ1) is 19.7. The van der Waals surface area contributed by atoms with Crippen LogP contribution in [-0.2, 0) is 12.0 Å². The smallest absolute Gasteiger partial charge is 0.260 e. The van der Waals surface area contributed by atoms with Crippen molar-refractivity contribution in [1.82, 2.24) is 14.8 Å². The first-order valence-corrected chi connectivity index (χ1v) is 11.7. The summed E-state index contributed by atoms with van der Waals surface area (Å²) in [5.41, 5.74) is 0.518. The molecule has 0 bridgehead atoms. The van der Waals surface area contributed by atoms with Crippen LogP contribution in [0.3, 0.4) is 0 Å². The minimum atomic E-state index is -0.324. The molecule has 1 amide bonds. The molecule has 5 rings (SSSR count). The molecule has 2 atom stereocenters. The van der Waals surface area contributed by atoms with Gasteiger partial charge in [0.15, 0.2) is 5.82 Å². The Bertz CT molecular complexity index is 916. The molecule has 0 radical (unpaired) electrons. The summed E-state index contributed by atoms with van der Waals surface area (Å²) in [4.78, 5) is 20.5. The molecule has 5 nitrogen and oxygen atoms in total. The first-order chi connectivity index (χ1) is 14.6. The quantitative estimate of drug-likeness (QED) is 0.695. The highest BCUT2D eigenvalue weighted by atomic mass is 19.1. The fourth-order valence-corrected chi connectivity index (χ4v) is 6.20. The number of amides is 1. The Labute approximate surface area is 177 Å². The molecule has 6 heteroatoms. The van der Waals surface area contributed by atoms with Crippen molar-refractivity contribution >= 4 is 11.9 Å². The fraction of sp³-hybridized carbons (Fsp3) is 0.625. The van der Waals surface area contributed by atoms with E-state index >= 15 is 0 Å². The molecule has 2 aromatic rings. The standard InChI is InChI=1S/C24H31FN4O/c1-2-8-21-26-23-28(22(30)17-11-13-18(25)14-12-17)20-10-5-4-9-19(20)24(29(23)27-21)15-6-3-7-16-24/h11-14,19-20H,2-10,15-16H2,1H3/t19-,20+/m1/s1. The maximum Gasteiger partial charge on any atom is 0.260 e. The van der Waals surface area contributed by atoms with Gasteiger partial charge in [0.05, 0.1) is 5.54 Å². The summed E-state index contributed by atoms with van der Waals surface area (Å²) in [6.07, 6.45) is 12.3. The van der Waals surface area contributed by atoms with Crippen LogP contribution in [0.1, 0.15) is 87.3 Å². The summed E-state index contributed by atoms with van der Waals surface area (Å²) < 4.78 is 15.6. The molecule has 160 valence electrons. The number of carbonyl (C=O) groups excluding carboxylic acids is 1. The average molecular weight is 411 g/mol. The molecule has 1 aromatic carbocycles. The third-order valence-corrected chi connectivity index (χ3v) is 7.53. The highest BCUT2D eigenvalue weighted by Crippen LogP contribution is 2.53. The SMILES string of the molecule is CCCc1nc2n(n1)C1(CCCCC1)[C@@H]1CCCC[C@@H]1N2C(=O)c1ccc(F)cc1. The molecule has 1 aliphatic heterocycles. The lowest BCUT2D eigenvalue weighted by Crippen LogP contribution is -2.61. The monoisotopic (exact) mass is 410 g/mol. The normalized spacial score (nSPS) is 25.1. The molecule has 30 heavy (non-hydrogen) atoms. The van der Waals surface area contributed by atoms with Crippen LogP contribution < -0.4 is 4.90 Å². The van der Waals surface area contributed by atoms with Crippen molar-refractivity contribution in [1.29, 1.82) is 0 Å². The molecule has 2 heterocycles. The Morgan fingerprint density at radius 3 is 2.57 bits per heavy atom. The minimum Gasteiger partial charge on any atom is -0.273 e. The average Bonchev–Trinajstić information content (AvgIpc) is 3.20. The molecule has 0 unspecified atom stereocenters. The lowest BCUT2D eigenvalue weighted by Gasteiger charge is -2.55. The van der Waals surface area contributed by atoms with Gasteiger partial charge in [0, 0.05) is 23.9 Å². The molecule has 0 saturated heterocycles. The van der Waals surface area contributed by atoms with Gasteiger partial charge in [-0.1, -0.05) is 39.0 Å². The number of benzene rings is 1. The first-order valence-electron chi connectivity index (χ1n) is 11.7. The van der Waals surface area contributed by atoms with Crippen LogP contribution in [0.5, 0.6) is 0 Å². The van der Waals surface area contributed by atoms with Crippen LogP contribution >= 0.6 is 0 Å². The van der Waals surface area contributed by atoms with Gasteiger partial charge in [0.1, 0.15) is 5.82 Å². The summed E-state index contributed by atoms with van der Waals surface area (Å²) in [5.74, 6) is 1.58. The molecule has 0 N–H and O–H groups in total. The zero-order valence-electron chi connectivity index (χ0n) is 17.8. The van der Waals surface area contributed by atoms with E-state index in [4.69, 9.17) is 10.1 Å². The molecule has 2 fully saturated rings. The van der Waals surface area contributed by atoms with Crippen LogP contribution in [0, 0.1) is 11.7 Å². The molecule has 2 aliphatic carbocycles. The predicted octanol–water partition coefficient (Wildman–Crippen LogP) is 5.25. The summed E-state index contributed by atoms with van der Waals surface area (Å²) in [6, 6.07) is 6.07. The fourth-order valence-electron chi connectivity index (χ4n) is 6.20. The van der Waals surface area contributed by atoms with Crippen molar-refractivity contribution < 1.29 is 9.18 Å². The van der Waals surface area contributed by atoms with Crippen LogP contribution in [0.15, 0.2) is 24.3 Å². The lowest BCUT2D eigenvalue weighted by molar-refractivity contribution is 0.0311. The minimum absolute atomic E-state index is 0.00274. The summed E-state index contributed by atoms with van der Waals surface area (Å²) in [5, 5.41) is 5.00. The highest BCUT2D eigenvalue weighted by Gasteiger charge is 2.55. The molecule has 1 aromatic heterocycles. The Kier molecular flexibility index (Phi) is 5.11. The largest absolute Gasteiger partial charge is 0.273 e. The summed E-state index contributed by atoms with van der Waals surface area (Å²) >= 11 is 0. The molecular formula is C24H31FN4O. The van der Waals surface area contributed by atoms with E-state index in [-0.39, 0.29) is 23.3 Å². The van der Waals surface area contributed by atoms with E-state index in [0.29, 0.717) is 11.5 Å². The Morgan fingerprint density at radius 2 is 1.83 bits per heavy atom. The van der Waals surface area contributed by atoms with Crippen molar-refractivity contribution in [2.45, 2.75) is 89.1 Å². The molecule has 2 saturated carbocycles. The van der Waals surface area contributed by atoms with Crippen LogP contribution in [0.2, 0.25) is 0 Å². The van der Waals surface area contributed by atoms with E-state index in [2.05, 4.69) is 11.6 Å². The van der Waals surface area contributed by atoms with Gasteiger partial charge in [-0.25, -0.2) is 9.07 Å². The van der Waals surface area contributed by atoms with Gasteiger partial charge < -0.3 is 0 Å². The van der Waals surface area contributed by atoms with Crippen LogP contribution in [0.4, 0.5) is 10.3 Å². The van der Waals surface area contributed by atoms with Crippen molar-refractivity contribution in [2.75, 3.05) is 4.90 Å². The summed E-state index contributed by atoms with van der Waals surface area (Å²) in [6.45, 7) is 2.14. The Morgan fingerprint density at radius 1 is 1.10 bits per heavy atom. The number of fused-ring (bicyclic) bond motifs is 4. The third-order valence-electron chi connectivity index (χ3n) is 7.53. The molecule has 3 aliphatic rings. The maximum absolute atomic E-state index is 13.7. The molecule has 1 spiro atoms. The zero-order chi connectivity index (χ0) is 20.7. The zero-order valence-corrected chi connectivity index (χ0v) is 17.8. The van der Waals surface area contributed by atoms with E-state index in [1.165, 1.54) is 37.8 Å². The van der Waals surface area contributed by atoms with Gasteiger partial charge in [-0.05, 0) is 56.4 Å². The van der Waals surface area contributed by atoms with Crippen molar-refractivity contribution in [3.63, 3.8) is 0 Å². The van der Waals surface area contributed by atoms with Gasteiger partial charge in [0.25, 0.3) is 5.91 Å². The number of nitrogens with zero attached hydrogens (tertiary/aromatic N) is 4. The number of hydrogen-bond acceptors (Lipinski definition) is 3. The van der Waals surface area contributed by atoms with Crippen molar-refractivity contribution in [2.24, 2.45) is 5.92 Å². The van der Waals surface area contributed by atoms with Gasteiger partial charge in [-0.2, -0.15) is 10.1 Å². The second-order valence-electron chi connectivity index (χ2n) is 9.29. The van der Waals surface area contributed by atoms with E-state index < -0.39 is 0 Å². The van der Waals surface area contributed by atoms with E-state index in [1.807, 2.05) is 4.90 Å². The third kappa shape index (κ3) is 3.07. The second-order valence-corrected chi connectivity index (χ2v) is 9.29. The highest BCUT2D eigenvalue weighted by molar-refractivity contribution is 6.05. The number of aromatic nitrogens is 3. The van der Waals surface area contributed by atoms with Gasteiger partial charge in [0.2, 0.25) is 5.95 Å². The number of aryl methyl sites for hydroxylation is 1. The number of carbonyl (C=O) groups is 1. The lowest BCUT2D eigenvalue weighted by atomic mass is 9.64. The number of halogens is 1. The maximum atomic E-state index is 13.7. The van der Waals surface area contributed by atoms with E-state index in [1.54, 1.807) is 12.1 Å². The van der Waals surface area contributed by atoms with Crippen LogP contribution in [-0.4, -0.2) is 26.7 Å².